The molecule has 0 saturated heterocycles. The fourth-order valence-corrected chi connectivity index (χ4v) is 5.23. The van der Waals surface area contributed by atoms with Gasteiger partial charge in [0.2, 0.25) is 5.36 Å². The van der Waals surface area contributed by atoms with Crippen LogP contribution in [0, 0.1) is 0 Å². The van der Waals surface area contributed by atoms with Crippen molar-refractivity contribution in [3.05, 3.63) is 71.6 Å². The maximum atomic E-state index is 13.3. The van der Waals surface area contributed by atoms with E-state index in [0.29, 0.717) is 12.2 Å². The fourth-order valence-electron chi connectivity index (χ4n) is 5.23. The first-order valence-corrected chi connectivity index (χ1v) is 14.2. The highest BCUT2D eigenvalue weighted by Gasteiger charge is 2.23. The Labute approximate surface area is 232 Å². The van der Waals surface area contributed by atoms with E-state index in [1.807, 2.05) is 38.4 Å². The van der Waals surface area contributed by atoms with Crippen molar-refractivity contribution in [1.82, 2.24) is 9.48 Å². The van der Waals surface area contributed by atoms with Gasteiger partial charge in [0, 0.05) is 54.0 Å². The van der Waals surface area contributed by atoms with Crippen LogP contribution in [-0.2, 0) is 4.74 Å². The Morgan fingerprint density at radius 2 is 1.64 bits per heavy atom. The second kappa shape index (κ2) is 12.9. The average molecular weight is 529 g/mol. The van der Waals surface area contributed by atoms with E-state index >= 15 is 0 Å². The van der Waals surface area contributed by atoms with E-state index in [1.54, 1.807) is 0 Å². The summed E-state index contributed by atoms with van der Waals surface area (Å²) in [7, 11) is 4.04. The van der Waals surface area contributed by atoms with E-state index in [-0.39, 0.29) is 5.97 Å². The average Bonchev–Trinajstić information content (AvgIpc) is 2.95. The van der Waals surface area contributed by atoms with E-state index in [4.69, 9.17) is 9.15 Å². The number of anilines is 1. The van der Waals surface area contributed by atoms with Crippen molar-refractivity contribution in [3.63, 3.8) is 0 Å². The van der Waals surface area contributed by atoms with Gasteiger partial charge in [-0.2, -0.15) is 0 Å². The Morgan fingerprint density at radius 1 is 0.897 bits per heavy atom. The van der Waals surface area contributed by atoms with Crippen molar-refractivity contribution < 1.29 is 13.9 Å². The van der Waals surface area contributed by atoms with Gasteiger partial charge in [0.1, 0.15) is 24.4 Å². The van der Waals surface area contributed by atoms with Gasteiger partial charge in [0.25, 0.3) is 0 Å². The summed E-state index contributed by atoms with van der Waals surface area (Å²) in [5, 5.41) is 2.09. The summed E-state index contributed by atoms with van der Waals surface area (Å²) in [5.41, 5.74) is 5.30. The third kappa shape index (κ3) is 6.17. The number of hydrogen-bond acceptors (Lipinski definition) is 5. The van der Waals surface area contributed by atoms with Crippen molar-refractivity contribution in [2.24, 2.45) is 0 Å². The SMILES string of the molecule is CCN(CC)c1ccc2c(-c3ccccc3C(=O)OCCCN(C)C)c3ccc(=[N+](CC)CC)cc-3oc2c1. The van der Waals surface area contributed by atoms with Crippen LogP contribution < -0.4 is 14.8 Å². The number of hydrogen-bond donors (Lipinski definition) is 0. The molecule has 0 fully saturated rings. The van der Waals surface area contributed by atoms with Gasteiger partial charge in [0.05, 0.1) is 18.2 Å². The van der Waals surface area contributed by atoms with Crippen molar-refractivity contribution >= 4 is 22.6 Å². The van der Waals surface area contributed by atoms with Crippen molar-refractivity contribution in [1.29, 1.82) is 0 Å². The first-order chi connectivity index (χ1) is 18.9. The predicted octanol–water partition coefficient (Wildman–Crippen LogP) is 5.97. The van der Waals surface area contributed by atoms with Crippen LogP contribution in [0.3, 0.4) is 0 Å². The number of nitrogens with zero attached hydrogens (tertiary/aromatic N) is 3. The minimum Gasteiger partial charge on any atom is -0.462 e. The second-order valence-corrected chi connectivity index (χ2v) is 10.0. The van der Waals surface area contributed by atoms with Gasteiger partial charge >= 0.3 is 5.97 Å². The van der Waals surface area contributed by atoms with Crippen LogP contribution in [0.15, 0.2) is 65.1 Å². The maximum Gasteiger partial charge on any atom is 0.338 e. The summed E-state index contributed by atoms with van der Waals surface area (Å²) in [5.74, 6) is 0.499. The monoisotopic (exact) mass is 528 g/mol. The van der Waals surface area contributed by atoms with Gasteiger partial charge < -0.3 is 19.0 Å². The number of esters is 1. The third-order valence-corrected chi connectivity index (χ3v) is 7.35. The normalized spacial score (nSPS) is 11.4. The number of fused-ring (bicyclic) bond motifs is 2. The van der Waals surface area contributed by atoms with Gasteiger partial charge in [-0.05, 0) is 78.0 Å². The number of ether oxygens (including phenoxy) is 1. The zero-order chi connectivity index (χ0) is 27.9. The number of carbonyl (C=O) groups is 1. The Balaban J connectivity index is 1.94. The lowest BCUT2D eigenvalue weighted by Crippen LogP contribution is -2.29. The van der Waals surface area contributed by atoms with Gasteiger partial charge in [-0.3, -0.25) is 0 Å². The van der Waals surface area contributed by atoms with E-state index in [1.165, 1.54) is 0 Å². The molecule has 0 radical (unpaired) electrons. The predicted molar refractivity (Wildman–Crippen MR) is 162 cm³/mol. The summed E-state index contributed by atoms with van der Waals surface area (Å²) in [6.07, 6.45) is 0.791. The second-order valence-electron chi connectivity index (χ2n) is 10.0. The molecule has 6 heteroatoms. The molecule has 39 heavy (non-hydrogen) atoms. The Hall–Kier alpha value is -3.64. The third-order valence-electron chi connectivity index (χ3n) is 7.35. The molecule has 0 atom stereocenters. The van der Waals surface area contributed by atoms with Crippen molar-refractivity contribution in [3.8, 4) is 22.5 Å². The lowest BCUT2D eigenvalue weighted by molar-refractivity contribution is 0.0494. The molecule has 0 bridgehead atoms. The van der Waals surface area contributed by atoms with Crippen molar-refractivity contribution in [2.75, 3.05) is 58.3 Å². The molecule has 2 aromatic rings. The van der Waals surface area contributed by atoms with Crippen LogP contribution in [0.4, 0.5) is 5.69 Å². The molecule has 0 spiro atoms. The van der Waals surface area contributed by atoms with Crippen LogP contribution in [0.25, 0.3) is 33.4 Å². The summed E-state index contributed by atoms with van der Waals surface area (Å²) in [6.45, 7) is 13.6. The smallest absolute Gasteiger partial charge is 0.338 e. The topological polar surface area (TPSA) is 48.9 Å². The van der Waals surface area contributed by atoms with Crippen LogP contribution in [0.2, 0.25) is 0 Å². The van der Waals surface area contributed by atoms with Crippen LogP contribution in [-0.4, -0.2) is 64.3 Å². The lowest BCUT2D eigenvalue weighted by Gasteiger charge is -2.22. The molecule has 0 N–H and O–H groups in total. The first-order valence-electron chi connectivity index (χ1n) is 14.2. The van der Waals surface area contributed by atoms with E-state index in [0.717, 1.165) is 83.6 Å². The maximum absolute atomic E-state index is 13.3. The summed E-state index contributed by atoms with van der Waals surface area (Å²) >= 11 is 0. The van der Waals surface area contributed by atoms with Gasteiger partial charge in [-0.1, -0.05) is 18.2 Å². The minimum absolute atomic E-state index is 0.300. The molecule has 0 aromatic heterocycles. The van der Waals surface area contributed by atoms with E-state index < -0.39 is 0 Å². The summed E-state index contributed by atoms with van der Waals surface area (Å²) < 4.78 is 14.6. The highest BCUT2D eigenvalue weighted by Crippen LogP contribution is 2.42. The quantitative estimate of drug-likeness (QED) is 0.104. The van der Waals surface area contributed by atoms with Crippen LogP contribution >= 0.6 is 0 Å². The molecule has 1 aliphatic carbocycles. The number of carbonyl (C=O) groups excluding carboxylic acids is 1. The largest absolute Gasteiger partial charge is 0.462 e. The molecule has 0 amide bonds. The molecular weight excluding hydrogens is 486 g/mol. The molecule has 1 heterocycles. The zero-order valence-corrected chi connectivity index (χ0v) is 24.3. The van der Waals surface area contributed by atoms with Gasteiger partial charge in [-0.25, -0.2) is 9.37 Å². The molecule has 0 unspecified atom stereocenters. The highest BCUT2D eigenvalue weighted by atomic mass is 16.5. The van der Waals surface area contributed by atoms with E-state index in [9.17, 15) is 4.79 Å². The molecule has 6 nitrogen and oxygen atoms in total. The molecule has 1 aliphatic heterocycles. The fraction of sp³-hybridized carbons (Fsp3) is 0.394. The van der Waals surface area contributed by atoms with E-state index in [2.05, 4.69) is 78.5 Å². The molecule has 0 saturated carbocycles. The summed E-state index contributed by atoms with van der Waals surface area (Å²) in [4.78, 5) is 17.7. The molecule has 206 valence electrons. The van der Waals surface area contributed by atoms with Gasteiger partial charge in [0.15, 0.2) is 0 Å². The summed E-state index contributed by atoms with van der Waals surface area (Å²) in [6, 6.07) is 20.5. The first kappa shape index (κ1) is 28.4. The highest BCUT2D eigenvalue weighted by molar-refractivity contribution is 6.08. The van der Waals surface area contributed by atoms with Gasteiger partial charge in [-0.15, -0.1) is 0 Å². The standard InChI is InChI=1S/C33H42N3O3/c1-7-35(8-2)24-16-18-28-30(22-24)39-31-23-25(36(9-3)10-4)17-19-29(31)32(28)26-14-11-12-15-27(26)33(37)38-21-13-20-34(5)6/h11-12,14-19,22-23H,7-10,13,20-21H2,1-6H3/q+1. The Kier molecular flexibility index (Phi) is 9.41. The molecule has 2 aliphatic rings. The van der Waals surface area contributed by atoms with Crippen LogP contribution in [0.5, 0.6) is 0 Å². The minimum atomic E-state index is -0.300. The molecule has 2 aromatic carbocycles. The Bertz CT molecular complexity index is 1460. The van der Waals surface area contributed by atoms with Crippen molar-refractivity contribution in [2.45, 2.75) is 34.1 Å². The molecular formula is C33H42N3O3+. The lowest BCUT2D eigenvalue weighted by atomic mass is 9.90. The van der Waals surface area contributed by atoms with Crippen LogP contribution in [0.1, 0.15) is 44.5 Å². The number of benzene rings is 3. The Morgan fingerprint density at radius 3 is 2.33 bits per heavy atom. The zero-order valence-electron chi connectivity index (χ0n) is 24.3. The molecule has 4 rings (SSSR count). The number of rotatable bonds is 11.